The van der Waals surface area contributed by atoms with Gasteiger partial charge < -0.3 is 4.48 Å². The Kier molecular flexibility index (Phi) is 4.05. The van der Waals surface area contributed by atoms with Crippen LogP contribution in [0.1, 0.15) is 26.7 Å². The Balaban J connectivity index is 2.04. The minimum absolute atomic E-state index is 0.0534. The van der Waals surface area contributed by atoms with Gasteiger partial charge in [-0.25, -0.2) is 0 Å². The van der Waals surface area contributed by atoms with Crippen LogP contribution in [0.2, 0.25) is 0 Å². The van der Waals surface area contributed by atoms with Gasteiger partial charge in [0.25, 0.3) is 0 Å². The van der Waals surface area contributed by atoms with Gasteiger partial charge in [-0.3, -0.25) is 14.5 Å². The first-order chi connectivity index (χ1) is 9.20. The first kappa shape index (κ1) is 15.2. The predicted octanol–water partition coefficient (Wildman–Crippen LogP) is 1.67. The molecule has 0 N–H and O–H groups in total. The van der Waals surface area contributed by atoms with Gasteiger partial charge in [0.15, 0.2) is 0 Å². The third kappa shape index (κ3) is 2.95. The molecule has 0 saturated carbocycles. The van der Waals surface area contributed by atoms with E-state index in [1.807, 2.05) is 0 Å². The Morgan fingerprint density at radius 1 is 1.25 bits per heavy atom. The Bertz CT molecular complexity index is 448. The van der Waals surface area contributed by atoms with E-state index in [2.05, 4.69) is 41.1 Å². The highest BCUT2D eigenvalue weighted by atomic mass is 16.2. The molecule has 3 atom stereocenters. The van der Waals surface area contributed by atoms with E-state index in [1.54, 1.807) is 0 Å². The first-order valence-corrected chi connectivity index (χ1v) is 7.53. The summed E-state index contributed by atoms with van der Waals surface area (Å²) in [5.41, 5.74) is 1.24. The maximum atomic E-state index is 12.5. The second-order valence-electron chi connectivity index (χ2n) is 7.40. The number of fused-ring (bicyclic) bond motifs is 1. The molecule has 2 amide bonds. The van der Waals surface area contributed by atoms with Crippen LogP contribution in [0.25, 0.3) is 0 Å². The molecule has 2 aliphatic rings. The van der Waals surface area contributed by atoms with E-state index >= 15 is 0 Å². The second kappa shape index (κ2) is 5.32. The molecule has 0 unspecified atom stereocenters. The lowest BCUT2D eigenvalue weighted by Gasteiger charge is -2.25. The van der Waals surface area contributed by atoms with Crippen molar-refractivity contribution in [1.82, 2.24) is 4.90 Å². The smallest absolute Gasteiger partial charge is 0.233 e. The van der Waals surface area contributed by atoms with Gasteiger partial charge in [0, 0.05) is 13.0 Å². The minimum Gasteiger partial charge on any atom is -0.331 e. The van der Waals surface area contributed by atoms with Crippen LogP contribution >= 0.6 is 0 Å². The number of nitrogens with zero attached hydrogens (tertiary/aromatic N) is 2. The summed E-state index contributed by atoms with van der Waals surface area (Å²) in [6, 6.07) is 0. The highest BCUT2D eigenvalue weighted by molar-refractivity contribution is 6.05. The Labute approximate surface area is 122 Å². The van der Waals surface area contributed by atoms with Gasteiger partial charge in [-0.1, -0.05) is 18.6 Å². The molecule has 0 aromatic carbocycles. The Hall–Kier alpha value is -1.16. The van der Waals surface area contributed by atoms with E-state index in [1.165, 1.54) is 10.5 Å². The lowest BCUT2D eigenvalue weighted by molar-refractivity contribution is -0.870. The molecule has 112 valence electrons. The molecular formula is C16H27N2O2+. The zero-order chi connectivity index (χ0) is 15.1. The molecule has 1 aliphatic heterocycles. The van der Waals surface area contributed by atoms with Crippen molar-refractivity contribution in [1.29, 1.82) is 0 Å². The molecule has 1 aliphatic carbocycles. The quantitative estimate of drug-likeness (QED) is 0.446. The van der Waals surface area contributed by atoms with Crippen LogP contribution in [-0.2, 0) is 9.59 Å². The molecule has 0 aromatic heterocycles. The number of likely N-dealkylation sites (tertiary alicyclic amines) is 1. The molecule has 4 nitrogen and oxygen atoms in total. The zero-order valence-electron chi connectivity index (χ0n) is 13.3. The molecule has 0 radical (unpaired) electrons. The number of carbonyl (C=O) groups excluding carboxylic acids is 2. The summed E-state index contributed by atoms with van der Waals surface area (Å²) in [5.74, 6) is 0.0777. The summed E-state index contributed by atoms with van der Waals surface area (Å²) >= 11 is 0. The van der Waals surface area contributed by atoms with Gasteiger partial charge in [0.05, 0.1) is 39.5 Å². The van der Waals surface area contributed by atoms with Crippen molar-refractivity contribution in [3.8, 4) is 0 Å². The number of allylic oxidation sites excluding steroid dienone is 2. The number of amides is 2. The molecule has 1 saturated heterocycles. The standard InChI is InChI=1S/C16H27N2O2/c1-11-9-12(2)14-13(10-11)15(19)17(16(14)20)7-6-8-18(3,4)5/h9,12-14H,6-8,10H2,1-5H3/q+1/t12-,13-,14+/m1/s1. The number of hydrogen-bond acceptors (Lipinski definition) is 2. The monoisotopic (exact) mass is 279 g/mol. The van der Waals surface area contributed by atoms with Crippen LogP contribution in [-0.4, -0.2) is 55.4 Å². The van der Waals surface area contributed by atoms with Gasteiger partial charge in [0.2, 0.25) is 11.8 Å². The largest absolute Gasteiger partial charge is 0.331 e. The molecule has 1 heterocycles. The topological polar surface area (TPSA) is 37.4 Å². The molecule has 1 fully saturated rings. The molecule has 0 aromatic rings. The van der Waals surface area contributed by atoms with Gasteiger partial charge in [0.1, 0.15) is 0 Å². The van der Waals surface area contributed by atoms with E-state index in [-0.39, 0.29) is 29.6 Å². The van der Waals surface area contributed by atoms with Crippen LogP contribution in [0.5, 0.6) is 0 Å². The fraction of sp³-hybridized carbons (Fsp3) is 0.750. The van der Waals surface area contributed by atoms with Crippen molar-refractivity contribution >= 4 is 11.8 Å². The summed E-state index contributed by atoms with van der Waals surface area (Å²) in [7, 11) is 6.38. The fourth-order valence-corrected chi connectivity index (χ4v) is 3.51. The third-order valence-corrected chi connectivity index (χ3v) is 4.43. The maximum Gasteiger partial charge on any atom is 0.233 e. The Morgan fingerprint density at radius 3 is 2.50 bits per heavy atom. The third-order valence-electron chi connectivity index (χ3n) is 4.43. The van der Waals surface area contributed by atoms with Crippen LogP contribution < -0.4 is 0 Å². The maximum absolute atomic E-state index is 12.5. The molecule has 0 bridgehead atoms. The van der Waals surface area contributed by atoms with E-state index in [4.69, 9.17) is 0 Å². The highest BCUT2D eigenvalue weighted by Crippen LogP contribution is 2.40. The molecule has 4 heteroatoms. The predicted molar refractivity (Wildman–Crippen MR) is 78.8 cm³/mol. The van der Waals surface area contributed by atoms with Crippen LogP contribution in [0.3, 0.4) is 0 Å². The van der Waals surface area contributed by atoms with E-state index < -0.39 is 0 Å². The molecule has 2 rings (SSSR count). The first-order valence-electron chi connectivity index (χ1n) is 7.53. The van der Waals surface area contributed by atoms with E-state index in [0.717, 1.165) is 23.9 Å². The average molecular weight is 279 g/mol. The average Bonchev–Trinajstić information content (AvgIpc) is 2.52. The van der Waals surface area contributed by atoms with E-state index in [0.29, 0.717) is 6.54 Å². The fourth-order valence-electron chi connectivity index (χ4n) is 3.51. The van der Waals surface area contributed by atoms with Gasteiger partial charge in [-0.15, -0.1) is 0 Å². The second-order valence-corrected chi connectivity index (χ2v) is 7.40. The number of quaternary nitrogens is 1. The van der Waals surface area contributed by atoms with Gasteiger partial charge >= 0.3 is 0 Å². The molecule has 0 spiro atoms. The summed E-state index contributed by atoms with van der Waals surface area (Å²) < 4.78 is 0.861. The molecular weight excluding hydrogens is 252 g/mol. The lowest BCUT2D eigenvalue weighted by Crippen LogP contribution is -2.39. The van der Waals surface area contributed by atoms with Gasteiger partial charge in [-0.2, -0.15) is 0 Å². The summed E-state index contributed by atoms with van der Waals surface area (Å²) in [6.07, 6.45) is 3.79. The molecule has 20 heavy (non-hydrogen) atoms. The minimum atomic E-state index is -0.115. The zero-order valence-corrected chi connectivity index (χ0v) is 13.3. The summed E-state index contributed by atoms with van der Waals surface area (Å²) in [4.78, 5) is 26.5. The Morgan fingerprint density at radius 2 is 1.90 bits per heavy atom. The van der Waals surface area contributed by atoms with Crippen molar-refractivity contribution in [2.75, 3.05) is 34.2 Å². The van der Waals surface area contributed by atoms with Crippen molar-refractivity contribution < 1.29 is 14.1 Å². The van der Waals surface area contributed by atoms with Crippen LogP contribution in [0, 0.1) is 17.8 Å². The number of rotatable bonds is 4. The van der Waals surface area contributed by atoms with Crippen molar-refractivity contribution in [2.45, 2.75) is 26.7 Å². The number of carbonyl (C=O) groups is 2. The van der Waals surface area contributed by atoms with Crippen molar-refractivity contribution in [3.63, 3.8) is 0 Å². The SMILES string of the molecule is CC1=C[C@@H](C)[C@@H]2C(=O)N(CCC[N+](C)(C)C)C(=O)[C@@H]2C1. The van der Waals surface area contributed by atoms with E-state index in [9.17, 15) is 9.59 Å². The van der Waals surface area contributed by atoms with Crippen molar-refractivity contribution in [3.05, 3.63) is 11.6 Å². The lowest BCUT2D eigenvalue weighted by atomic mass is 9.76. The van der Waals surface area contributed by atoms with Crippen LogP contribution in [0.4, 0.5) is 0 Å². The summed E-state index contributed by atoms with van der Waals surface area (Å²) in [6.45, 7) is 5.66. The normalized spacial score (nSPS) is 30.6. The number of hydrogen-bond donors (Lipinski definition) is 0. The summed E-state index contributed by atoms with van der Waals surface area (Å²) in [5, 5.41) is 0. The highest BCUT2D eigenvalue weighted by Gasteiger charge is 2.50. The van der Waals surface area contributed by atoms with Crippen molar-refractivity contribution in [2.24, 2.45) is 17.8 Å². The van der Waals surface area contributed by atoms with Crippen LogP contribution in [0.15, 0.2) is 11.6 Å². The number of imide groups is 1. The van der Waals surface area contributed by atoms with Gasteiger partial charge in [-0.05, 0) is 19.3 Å².